The van der Waals surface area contributed by atoms with Crippen molar-refractivity contribution in [3.63, 3.8) is 0 Å². The van der Waals surface area contributed by atoms with Crippen LogP contribution in [0.1, 0.15) is 32.4 Å². The molecule has 1 unspecified atom stereocenters. The van der Waals surface area contributed by atoms with Crippen LogP contribution in [0.2, 0.25) is 0 Å². The third kappa shape index (κ3) is 1.74. The lowest BCUT2D eigenvalue weighted by molar-refractivity contribution is 0.349. The molecular formula is C14H20N2. The molecule has 0 saturated heterocycles. The Kier molecular flexibility index (Phi) is 2.55. The van der Waals surface area contributed by atoms with E-state index in [0.717, 1.165) is 0 Å². The number of nitrogens with zero attached hydrogens (tertiary/aromatic N) is 1. The number of aromatic nitrogens is 1. The molecule has 2 N–H and O–H groups in total. The van der Waals surface area contributed by atoms with Crippen LogP contribution in [0, 0.1) is 6.92 Å². The maximum Gasteiger partial charge on any atom is 0.0486 e. The first-order chi connectivity index (χ1) is 7.41. The van der Waals surface area contributed by atoms with Gasteiger partial charge in [0, 0.05) is 28.7 Å². The molecule has 2 nitrogen and oxygen atoms in total. The summed E-state index contributed by atoms with van der Waals surface area (Å²) in [6.45, 7) is 8.46. The predicted molar refractivity (Wildman–Crippen MR) is 69.7 cm³/mol. The number of rotatable bonds is 2. The van der Waals surface area contributed by atoms with Crippen molar-refractivity contribution < 1.29 is 0 Å². The molecule has 1 aromatic heterocycles. The number of hydrogen-bond donors (Lipinski definition) is 1. The second-order valence-corrected chi connectivity index (χ2v) is 5.23. The molecule has 0 aliphatic heterocycles. The average molecular weight is 216 g/mol. The molecule has 0 fully saturated rings. The minimum Gasteiger partial charge on any atom is -0.343 e. The van der Waals surface area contributed by atoms with Crippen LogP contribution < -0.4 is 5.73 Å². The zero-order valence-corrected chi connectivity index (χ0v) is 10.5. The summed E-state index contributed by atoms with van der Waals surface area (Å²) in [6.07, 6.45) is 2.20. The Balaban J connectivity index is 2.62. The smallest absolute Gasteiger partial charge is 0.0486 e. The van der Waals surface area contributed by atoms with Crippen LogP contribution >= 0.6 is 0 Å². The van der Waals surface area contributed by atoms with Crippen molar-refractivity contribution in [3.05, 3.63) is 36.0 Å². The molecule has 0 aliphatic rings. The van der Waals surface area contributed by atoms with Crippen molar-refractivity contribution in [1.82, 2.24) is 4.57 Å². The maximum absolute atomic E-state index is 6.19. The lowest BCUT2D eigenvalue weighted by atomic mass is 9.97. The number of hydrogen-bond acceptors (Lipinski definition) is 1. The molecule has 2 heteroatoms. The van der Waals surface area contributed by atoms with Gasteiger partial charge in [-0.25, -0.2) is 0 Å². The van der Waals surface area contributed by atoms with Gasteiger partial charge in [-0.3, -0.25) is 0 Å². The summed E-state index contributed by atoms with van der Waals surface area (Å²) < 4.78 is 2.28. The Morgan fingerprint density at radius 1 is 1.25 bits per heavy atom. The number of benzene rings is 1. The average Bonchev–Trinajstić information content (AvgIpc) is 2.55. The SMILES string of the molecule is Cc1cn(C(C)C(C)(C)N)c2ccccc12. The van der Waals surface area contributed by atoms with E-state index in [9.17, 15) is 0 Å². The van der Waals surface area contributed by atoms with E-state index in [4.69, 9.17) is 5.73 Å². The van der Waals surface area contributed by atoms with Crippen LogP contribution in [0.3, 0.4) is 0 Å². The molecule has 0 spiro atoms. The Labute approximate surface area is 97.1 Å². The second kappa shape index (κ2) is 3.63. The van der Waals surface area contributed by atoms with Gasteiger partial charge < -0.3 is 10.3 Å². The van der Waals surface area contributed by atoms with E-state index in [1.54, 1.807) is 0 Å². The molecule has 86 valence electrons. The first-order valence-corrected chi connectivity index (χ1v) is 5.76. The van der Waals surface area contributed by atoms with Crippen molar-refractivity contribution in [2.45, 2.75) is 39.3 Å². The number of fused-ring (bicyclic) bond motifs is 1. The molecule has 0 bridgehead atoms. The summed E-state index contributed by atoms with van der Waals surface area (Å²) in [4.78, 5) is 0. The lowest BCUT2D eigenvalue weighted by Gasteiger charge is -2.29. The minimum atomic E-state index is -0.214. The molecule has 1 aromatic carbocycles. The fraction of sp³-hybridized carbons (Fsp3) is 0.429. The summed E-state index contributed by atoms with van der Waals surface area (Å²) in [5.41, 5.74) is 8.56. The van der Waals surface area contributed by atoms with E-state index >= 15 is 0 Å². The Hall–Kier alpha value is -1.28. The maximum atomic E-state index is 6.19. The fourth-order valence-corrected chi connectivity index (χ4v) is 2.06. The lowest BCUT2D eigenvalue weighted by Crippen LogP contribution is -2.40. The van der Waals surface area contributed by atoms with E-state index in [1.165, 1.54) is 16.5 Å². The van der Waals surface area contributed by atoms with Crippen molar-refractivity contribution in [2.75, 3.05) is 0 Å². The third-order valence-corrected chi connectivity index (χ3v) is 3.43. The van der Waals surface area contributed by atoms with Crippen molar-refractivity contribution >= 4 is 10.9 Å². The zero-order valence-electron chi connectivity index (χ0n) is 10.5. The van der Waals surface area contributed by atoms with Crippen molar-refractivity contribution in [1.29, 1.82) is 0 Å². The topological polar surface area (TPSA) is 30.9 Å². The van der Waals surface area contributed by atoms with Crippen molar-refractivity contribution in [3.8, 4) is 0 Å². The van der Waals surface area contributed by atoms with Crippen LogP contribution in [0.4, 0.5) is 0 Å². The predicted octanol–water partition coefficient (Wildman–Crippen LogP) is 3.25. The molecule has 2 rings (SSSR count). The largest absolute Gasteiger partial charge is 0.343 e. The van der Waals surface area contributed by atoms with E-state index in [2.05, 4.69) is 62.7 Å². The van der Waals surface area contributed by atoms with Gasteiger partial charge >= 0.3 is 0 Å². The highest BCUT2D eigenvalue weighted by Gasteiger charge is 2.23. The summed E-state index contributed by atoms with van der Waals surface area (Å²) in [5, 5.41) is 1.32. The van der Waals surface area contributed by atoms with Gasteiger partial charge in [-0.05, 0) is 39.3 Å². The van der Waals surface area contributed by atoms with E-state index < -0.39 is 0 Å². The van der Waals surface area contributed by atoms with E-state index in [1.807, 2.05) is 0 Å². The van der Waals surface area contributed by atoms with Crippen molar-refractivity contribution in [2.24, 2.45) is 5.73 Å². The van der Waals surface area contributed by atoms with Gasteiger partial charge in [0.25, 0.3) is 0 Å². The number of para-hydroxylation sites is 1. The Bertz CT molecular complexity index is 503. The molecule has 2 aromatic rings. The summed E-state index contributed by atoms with van der Waals surface area (Å²) >= 11 is 0. The summed E-state index contributed by atoms with van der Waals surface area (Å²) in [5.74, 6) is 0. The van der Waals surface area contributed by atoms with Gasteiger partial charge in [0.1, 0.15) is 0 Å². The van der Waals surface area contributed by atoms with Crippen LogP contribution in [0.5, 0.6) is 0 Å². The molecule has 1 atom stereocenters. The van der Waals surface area contributed by atoms with Crippen LogP contribution in [0.15, 0.2) is 30.5 Å². The molecule has 0 aliphatic carbocycles. The fourth-order valence-electron chi connectivity index (χ4n) is 2.06. The molecule has 0 amide bonds. The second-order valence-electron chi connectivity index (χ2n) is 5.23. The van der Waals surface area contributed by atoms with Gasteiger partial charge in [0.2, 0.25) is 0 Å². The van der Waals surface area contributed by atoms with Crippen LogP contribution in [-0.2, 0) is 0 Å². The standard InChI is InChI=1S/C14H20N2/c1-10-9-16(11(2)14(3,4)15)13-8-6-5-7-12(10)13/h5-9,11H,15H2,1-4H3. The van der Waals surface area contributed by atoms with E-state index in [-0.39, 0.29) is 11.6 Å². The summed E-state index contributed by atoms with van der Waals surface area (Å²) in [7, 11) is 0. The monoisotopic (exact) mass is 216 g/mol. The minimum absolute atomic E-state index is 0.214. The highest BCUT2D eigenvalue weighted by Crippen LogP contribution is 2.28. The first kappa shape index (κ1) is 11.2. The molecule has 16 heavy (non-hydrogen) atoms. The molecule has 0 radical (unpaired) electrons. The van der Waals surface area contributed by atoms with Gasteiger partial charge in [-0.1, -0.05) is 18.2 Å². The van der Waals surface area contributed by atoms with Gasteiger partial charge in [0.05, 0.1) is 0 Å². The summed E-state index contributed by atoms with van der Waals surface area (Å²) in [6, 6.07) is 8.76. The van der Waals surface area contributed by atoms with Gasteiger partial charge in [-0.15, -0.1) is 0 Å². The quantitative estimate of drug-likeness (QED) is 0.820. The first-order valence-electron chi connectivity index (χ1n) is 5.76. The molecular weight excluding hydrogens is 196 g/mol. The Morgan fingerprint density at radius 3 is 2.50 bits per heavy atom. The van der Waals surface area contributed by atoms with Gasteiger partial charge in [-0.2, -0.15) is 0 Å². The molecule has 0 saturated carbocycles. The Morgan fingerprint density at radius 2 is 1.88 bits per heavy atom. The highest BCUT2D eigenvalue weighted by atomic mass is 15.0. The number of aryl methyl sites for hydroxylation is 1. The van der Waals surface area contributed by atoms with Gasteiger partial charge in [0.15, 0.2) is 0 Å². The highest BCUT2D eigenvalue weighted by molar-refractivity contribution is 5.83. The van der Waals surface area contributed by atoms with Crippen LogP contribution in [-0.4, -0.2) is 10.1 Å². The van der Waals surface area contributed by atoms with Crippen LogP contribution in [0.25, 0.3) is 10.9 Å². The zero-order chi connectivity index (χ0) is 11.9. The normalized spacial score (nSPS) is 14.3. The van der Waals surface area contributed by atoms with E-state index in [0.29, 0.717) is 0 Å². The third-order valence-electron chi connectivity index (χ3n) is 3.43. The number of nitrogens with two attached hydrogens (primary N) is 1. The molecule has 1 heterocycles.